The van der Waals surface area contributed by atoms with Crippen molar-refractivity contribution in [3.63, 3.8) is 0 Å². The molecule has 4 heteroatoms. The first-order chi connectivity index (χ1) is 6.68. The van der Waals surface area contributed by atoms with Crippen LogP contribution in [0, 0.1) is 13.8 Å². The zero-order valence-electron chi connectivity index (χ0n) is 8.00. The summed E-state index contributed by atoms with van der Waals surface area (Å²) >= 11 is 3.36. The molecular weight excluding hydrogens is 242 g/mol. The Balaban J connectivity index is 2.59. The van der Waals surface area contributed by atoms with Gasteiger partial charge < -0.3 is 0 Å². The zero-order valence-corrected chi connectivity index (χ0v) is 9.59. The molecule has 1 N–H and O–H groups in total. The second kappa shape index (κ2) is 3.53. The van der Waals surface area contributed by atoms with Gasteiger partial charge in [-0.1, -0.05) is 6.07 Å². The average Bonchev–Trinajstić information content (AvgIpc) is 2.46. The maximum absolute atomic E-state index is 4.39. The van der Waals surface area contributed by atoms with Gasteiger partial charge in [-0.3, -0.25) is 5.10 Å². The predicted octanol–water partition coefficient (Wildman–Crippen LogP) is 2.85. The topological polar surface area (TPSA) is 41.6 Å². The van der Waals surface area contributed by atoms with E-state index in [-0.39, 0.29) is 0 Å². The third-order valence-corrected chi connectivity index (χ3v) is 2.54. The van der Waals surface area contributed by atoms with Crippen molar-refractivity contribution in [1.29, 1.82) is 0 Å². The number of nitrogens with one attached hydrogen (secondary N) is 1. The molecule has 3 nitrogen and oxygen atoms in total. The molecule has 72 valence electrons. The normalized spacial score (nSPS) is 10.5. The van der Waals surface area contributed by atoms with Gasteiger partial charge in [0.05, 0.1) is 11.4 Å². The molecule has 0 spiro atoms. The summed E-state index contributed by atoms with van der Waals surface area (Å²) in [5.74, 6) is 0. The number of rotatable bonds is 1. The van der Waals surface area contributed by atoms with Crippen LogP contribution in [0.5, 0.6) is 0 Å². The van der Waals surface area contributed by atoms with E-state index in [0.717, 1.165) is 27.2 Å². The lowest BCUT2D eigenvalue weighted by Gasteiger charge is -2.00. The summed E-state index contributed by atoms with van der Waals surface area (Å²) in [6, 6.07) is 5.86. The summed E-state index contributed by atoms with van der Waals surface area (Å²) < 4.78 is 0.843. The molecule has 0 aliphatic rings. The standard InChI is InChI=1S/C10H10BrN3/c1-6-10(7(2)14-13-6)8-4-3-5-9(11)12-8/h3-5H,1-2H3,(H,13,14). The highest BCUT2D eigenvalue weighted by Crippen LogP contribution is 2.24. The Bertz CT molecular complexity index is 443. The highest BCUT2D eigenvalue weighted by Gasteiger charge is 2.09. The fourth-order valence-electron chi connectivity index (χ4n) is 1.48. The lowest BCUT2D eigenvalue weighted by molar-refractivity contribution is 1.02. The molecule has 0 aliphatic carbocycles. The zero-order chi connectivity index (χ0) is 10.1. The molecule has 2 rings (SSSR count). The maximum atomic E-state index is 4.39. The molecule has 2 heterocycles. The first kappa shape index (κ1) is 9.40. The number of pyridine rings is 1. The van der Waals surface area contributed by atoms with Gasteiger partial charge in [0.2, 0.25) is 0 Å². The largest absolute Gasteiger partial charge is 0.282 e. The van der Waals surface area contributed by atoms with Crippen LogP contribution in [0.1, 0.15) is 11.4 Å². The van der Waals surface area contributed by atoms with E-state index in [2.05, 4.69) is 31.1 Å². The van der Waals surface area contributed by atoms with Crippen LogP contribution >= 0.6 is 15.9 Å². The van der Waals surface area contributed by atoms with E-state index >= 15 is 0 Å². The molecule has 0 aromatic carbocycles. The number of hydrogen-bond donors (Lipinski definition) is 1. The summed E-state index contributed by atoms with van der Waals surface area (Å²) in [6.07, 6.45) is 0. The van der Waals surface area contributed by atoms with Crippen LogP contribution in [0.15, 0.2) is 22.8 Å². The summed E-state index contributed by atoms with van der Waals surface area (Å²) in [5, 5.41) is 7.09. The van der Waals surface area contributed by atoms with Crippen LogP contribution in [0.25, 0.3) is 11.3 Å². The van der Waals surface area contributed by atoms with Crippen molar-refractivity contribution in [2.24, 2.45) is 0 Å². The smallest absolute Gasteiger partial charge is 0.106 e. The van der Waals surface area contributed by atoms with Gasteiger partial charge in [-0.15, -0.1) is 0 Å². The number of nitrogens with zero attached hydrogens (tertiary/aromatic N) is 2. The molecule has 0 aliphatic heterocycles. The minimum Gasteiger partial charge on any atom is -0.282 e. The number of aromatic amines is 1. The van der Waals surface area contributed by atoms with E-state index in [1.165, 1.54) is 0 Å². The Morgan fingerprint density at radius 2 is 2.07 bits per heavy atom. The van der Waals surface area contributed by atoms with E-state index in [0.29, 0.717) is 0 Å². The van der Waals surface area contributed by atoms with Crippen LogP contribution in [0.3, 0.4) is 0 Å². The molecule has 14 heavy (non-hydrogen) atoms. The molecule has 0 fully saturated rings. The quantitative estimate of drug-likeness (QED) is 0.793. The average molecular weight is 252 g/mol. The minimum absolute atomic E-state index is 0.843. The molecule has 2 aromatic heterocycles. The fraction of sp³-hybridized carbons (Fsp3) is 0.200. The molecule has 2 aromatic rings. The lowest BCUT2D eigenvalue weighted by atomic mass is 10.1. The number of H-pyrrole nitrogens is 1. The van der Waals surface area contributed by atoms with Crippen molar-refractivity contribution in [3.05, 3.63) is 34.2 Å². The molecule has 0 unspecified atom stereocenters. The summed E-state index contributed by atoms with van der Waals surface area (Å²) in [5.41, 5.74) is 4.07. The highest BCUT2D eigenvalue weighted by molar-refractivity contribution is 9.10. The Labute approximate surface area is 90.7 Å². The van der Waals surface area contributed by atoms with E-state index in [4.69, 9.17) is 0 Å². The fourth-order valence-corrected chi connectivity index (χ4v) is 1.82. The van der Waals surface area contributed by atoms with Crippen LogP contribution in [0.4, 0.5) is 0 Å². The molecule has 0 atom stereocenters. The van der Waals surface area contributed by atoms with Gasteiger partial charge in [-0.2, -0.15) is 5.10 Å². The number of aromatic nitrogens is 3. The minimum atomic E-state index is 0.843. The van der Waals surface area contributed by atoms with Gasteiger partial charge in [0.15, 0.2) is 0 Å². The van der Waals surface area contributed by atoms with Gasteiger partial charge in [-0.05, 0) is 41.9 Å². The predicted molar refractivity (Wildman–Crippen MR) is 59.0 cm³/mol. The Hall–Kier alpha value is -1.16. The lowest BCUT2D eigenvalue weighted by Crippen LogP contribution is -1.86. The van der Waals surface area contributed by atoms with E-state index in [1.807, 2.05) is 32.0 Å². The van der Waals surface area contributed by atoms with E-state index in [1.54, 1.807) is 0 Å². The van der Waals surface area contributed by atoms with Crippen molar-refractivity contribution in [3.8, 4) is 11.3 Å². The molecular formula is C10H10BrN3. The van der Waals surface area contributed by atoms with Crippen LogP contribution in [0.2, 0.25) is 0 Å². The second-order valence-electron chi connectivity index (χ2n) is 3.15. The number of halogens is 1. The molecule has 0 radical (unpaired) electrons. The Morgan fingerprint density at radius 3 is 2.64 bits per heavy atom. The summed E-state index contributed by atoms with van der Waals surface area (Å²) in [7, 11) is 0. The van der Waals surface area contributed by atoms with Crippen LogP contribution < -0.4 is 0 Å². The van der Waals surface area contributed by atoms with Gasteiger partial charge >= 0.3 is 0 Å². The third kappa shape index (κ3) is 1.57. The van der Waals surface area contributed by atoms with Gasteiger partial charge in [-0.25, -0.2) is 4.98 Å². The van der Waals surface area contributed by atoms with Crippen molar-refractivity contribution in [2.75, 3.05) is 0 Å². The van der Waals surface area contributed by atoms with Crippen molar-refractivity contribution in [1.82, 2.24) is 15.2 Å². The third-order valence-electron chi connectivity index (χ3n) is 2.10. The highest BCUT2D eigenvalue weighted by atomic mass is 79.9. The van der Waals surface area contributed by atoms with Gasteiger partial charge in [0.25, 0.3) is 0 Å². The van der Waals surface area contributed by atoms with Crippen LogP contribution in [-0.4, -0.2) is 15.2 Å². The van der Waals surface area contributed by atoms with E-state index < -0.39 is 0 Å². The summed E-state index contributed by atoms with van der Waals surface area (Å²) in [6.45, 7) is 3.97. The number of aryl methyl sites for hydroxylation is 2. The second-order valence-corrected chi connectivity index (χ2v) is 3.97. The SMILES string of the molecule is Cc1n[nH]c(C)c1-c1cccc(Br)n1. The van der Waals surface area contributed by atoms with Gasteiger partial charge in [0.1, 0.15) is 4.60 Å². The van der Waals surface area contributed by atoms with E-state index in [9.17, 15) is 0 Å². The monoisotopic (exact) mass is 251 g/mol. The Kier molecular flexibility index (Phi) is 2.37. The molecule has 0 saturated carbocycles. The maximum Gasteiger partial charge on any atom is 0.106 e. The molecule has 0 saturated heterocycles. The van der Waals surface area contributed by atoms with Crippen molar-refractivity contribution in [2.45, 2.75) is 13.8 Å². The van der Waals surface area contributed by atoms with Crippen LogP contribution in [-0.2, 0) is 0 Å². The van der Waals surface area contributed by atoms with Crippen molar-refractivity contribution >= 4 is 15.9 Å². The van der Waals surface area contributed by atoms with Crippen molar-refractivity contribution < 1.29 is 0 Å². The number of hydrogen-bond acceptors (Lipinski definition) is 2. The first-order valence-electron chi connectivity index (χ1n) is 4.33. The first-order valence-corrected chi connectivity index (χ1v) is 5.12. The molecule has 0 bridgehead atoms. The summed E-state index contributed by atoms with van der Waals surface area (Å²) in [4.78, 5) is 4.39. The Morgan fingerprint density at radius 1 is 1.29 bits per heavy atom. The van der Waals surface area contributed by atoms with Gasteiger partial charge in [0, 0.05) is 11.3 Å². The molecule has 0 amide bonds.